The average Bonchev–Trinajstić information content (AvgIpc) is 2.73. The van der Waals surface area contributed by atoms with Crippen molar-refractivity contribution in [2.24, 2.45) is 0 Å². The lowest BCUT2D eigenvalue weighted by Crippen LogP contribution is -2.50. The lowest BCUT2D eigenvalue weighted by molar-refractivity contribution is 0.208. The van der Waals surface area contributed by atoms with Crippen LogP contribution >= 0.6 is 11.6 Å². The number of nitrogens with zero attached hydrogens (tertiary/aromatic N) is 4. The van der Waals surface area contributed by atoms with Gasteiger partial charge in [0.2, 0.25) is 0 Å². The highest BCUT2D eigenvalue weighted by molar-refractivity contribution is 6.31. The molecule has 2 aromatic carbocycles. The molecule has 1 saturated heterocycles. The summed E-state index contributed by atoms with van der Waals surface area (Å²) in [7, 11) is 1.47. The second-order valence-corrected chi connectivity index (χ2v) is 7.01. The Morgan fingerprint density at radius 2 is 1.86 bits per heavy atom. The van der Waals surface area contributed by atoms with Crippen molar-refractivity contribution in [3.63, 3.8) is 0 Å². The molecule has 1 aliphatic rings. The number of nitrogens with one attached hydrogen (secondary N) is 1. The number of carbonyl (C=O) groups is 1. The average molecular weight is 416 g/mol. The summed E-state index contributed by atoms with van der Waals surface area (Å²) in [6, 6.07) is 11.4. The molecule has 0 atom stereocenters. The van der Waals surface area contributed by atoms with E-state index in [1.54, 1.807) is 41.3 Å². The van der Waals surface area contributed by atoms with Gasteiger partial charge in [-0.05, 0) is 30.3 Å². The minimum atomic E-state index is -0.313. The number of carbonyl (C=O) groups excluding carboxylic acids is 1. The number of hydrogen-bond donors (Lipinski definition) is 1. The minimum Gasteiger partial charge on any atom is -0.478 e. The van der Waals surface area contributed by atoms with E-state index in [2.05, 4.69) is 15.3 Å². The number of methoxy groups -OCH3 is 1. The van der Waals surface area contributed by atoms with Crippen molar-refractivity contribution in [1.82, 2.24) is 14.9 Å². The summed E-state index contributed by atoms with van der Waals surface area (Å²) in [4.78, 5) is 25.1. The number of halogens is 2. The Balaban J connectivity index is 1.47. The van der Waals surface area contributed by atoms with Crippen LogP contribution in [0.15, 0.2) is 42.5 Å². The molecule has 1 aliphatic heterocycles. The van der Waals surface area contributed by atoms with Crippen molar-refractivity contribution in [1.29, 1.82) is 0 Å². The van der Waals surface area contributed by atoms with Crippen molar-refractivity contribution >= 4 is 40.2 Å². The third-order valence-corrected chi connectivity index (χ3v) is 5.01. The van der Waals surface area contributed by atoms with E-state index in [1.807, 2.05) is 4.90 Å². The van der Waals surface area contributed by atoms with Crippen LogP contribution in [0.2, 0.25) is 5.02 Å². The van der Waals surface area contributed by atoms with Crippen LogP contribution in [0.3, 0.4) is 0 Å². The molecule has 29 heavy (non-hydrogen) atoms. The van der Waals surface area contributed by atoms with Gasteiger partial charge in [-0.15, -0.1) is 0 Å². The zero-order valence-electron chi connectivity index (χ0n) is 15.7. The first-order valence-electron chi connectivity index (χ1n) is 9.12. The molecule has 1 aromatic heterocycles. The number of para-hydroxylation sites is 1. The van der Waals surface area contributed by atoms with Crippen LogP contribution < -0.4 is 15.0 Å². The summed E-state index contributed by atoms with van der Waals surface area (Å²) in [6.07, 6.45) is 0. The predicted molar refractivity (Wildman–Crippen MR) is 110 cm³/mol. The highest BCUT2D eigenvalue weighted by atomic mass is 35.5. The molecule has 1 N–H and O–H groups in total. The summed E-state index contributed by atoms with van der Waals surface area (Å²) in [5.74, 6) is 0.183. The van der Waals surface area contributed by atoms with Gasteiger partial charge in [0.1, 0.15) is 5.82 Å². The van der Waals surface area contributed by atoms with Gasteiger partial charge in [-0.3, -0.25) is 5.32 Å². The maximum Gasteiger partial charge on any atom is 0.323 e. The molecule has 150 valence electrons. The van der Waals surface area contributed by atoms with E-state index in [0.717, 1.165) is 0 Å². The van der Waals surface area contributed by atoms with Crippen molar-refractivity contribution < 1.29 is 13.9 Å². The summed E-state index contributed by atoms with van der Waals surface area (Å²) in [5, 5.41) is 3.29. The van der Waals surface area contributed by atoms with E-state index in [4.69, 9.17) is 16.3 Å². The second kappa shape index (κ2) is 8.08. The van der Waals surface area contributed by atoms with Crippen LogP contribution in [0.25, 0.3) is 11.0 Å². The number of aromatic nitrogens is 2. The van der Waals surface area contributed by atoms with Gasteiger partial charge in [-0.2, -0.15) is 0 Å². The topological polar surface area (TPSA) is 70.6 Å². The molecule has 9 heteroatoms. The molecule has 7 nitrogen and oxygen atoms in total. The third kappa shape index (κ3) is 4.02. The summed E-state index contributed by atoms with van der Waals surface area (Å²) in [6.45, 7) is 1.97. The Labute approximate surface area is 172 Å². The third-order valence-electron chi connectivity index (χ3n) is 4.77. The van der Waals surface area contributed by atoms with Crippen molar-refractivity contribution in [2.75, 3.05) is 43.5 Å². The predicted octanol–water partition coefficient (Wildman–Crippen LogP) is 3.79. The molecular weight excluding hydrogens is 397 g/mol. The number of hydrogen-bond acceptors (Lipinski definition) is 5. The molecule has 0 bridgehead atoms. The van der Waals surface area contributed by atoms with Gasteiger partial charge in [0.15, 0.2) is 5.82 Å². The van der Waals surface area contributed by atoms with E-state index in [-0.39, 0.29) is 23.5 Å². The molecule has 0 aliphatic carbocycles. The molecule has 2 amide bonds. The summed E-state index contributed by atoms with van der Waals surface area (Å²) < 4.78 is 19.3. The quantitative estimate of drug-likeness (QED) is 0.704. The zero-order chi connectivity index (χ0) is 20.4. The number of anilines is 2. The fourth-order valence-electron chi connectivity index (χ4n) is 3.27. The van der Waals surface area contributed by atoms with E-state index in [9.17, 15) is 9.18 Å². The highest BCUT2D eigenvalue weighted by Crippen LogP contribution is 2.26. The molecule has 2 heterocycles. The SMILES string of the molecule is COc1nc2ccc(Cl)cc2nc1NC(=O)N1CCN(c2ccccc2F)CC1. The largest absolute Gasteiger partial charge is 0.478 e. The fourth-order valence-corrected chi connectivity index (χ4v) is 3.44. The van der Waals surface area contributed by atoms with Crippen molar-refractivity contribution in [3.8, 4) is 5.88 Å². The lowest BCUT2D eigenvalue weighted by atomic mass is 10.2. The maximum atomic E-state index is 14.0. The van der Waals surface area contributed by atoms with Crippen LogP contribution in [-0.2, 0) is 0 Å². The number of urea groups is 1. The zero-order valence-corrected chi connectivity index (χ0v) is 16.5. The Hall–Kier alpha value is -3.13. The first kappa shape index (κ1) is 19.2. The van der Waals surface area contributed by atoms with Gasteiger partial charge >= 0.3 is 6.03 Å². The van der Waals surface area contributed by atoms with Gasteiger partial charge in [-0.1, -0.05) is 23.7 Å². The van der Waals surface area contributed by atoms with Gasteiger partial charge in [0.05, 0.1) is 23.8 Å². The number of fused-ring (bicyclic) bond motifs is 1. The van der Waals surface area contributed by atoms with Gasteiger partial charge in [0, 0.05) is 31.2 Å². The molecule has 1 fully saturated rings. The van der Waals surface area contributed by atoms with Crippen molar-refractivity contribution in [3.05, 3.63) is 53.3 Å². The van der Waals surface area contributed by atoms with Gasteiger partial charge in [-0.25, -0.2) is 19.2 Å². The number of benzene rings is 2. The van der Waals surface area contributed by atoms with Crippen LogP contribution in [-0.4, -0.2) is 54.2 Å². The van der Waals surface area contributed by atoms with Crippen LogP contribution in [0.1, 0.15) is 0 Å². The summed E-state index contributed by atoms with van der Waals surface area (Å²) >= 11 is 6.02. The normalized spacial score (nSPS) is 14.2. The Bertz CT molecular complexity index is 1060. The highest BCUT2D eigenvalue weighted by Gasteiger charge is 2.24. The smallest absolute Gasteiger partial charge is 0.323 e. The first-order valence-corrected chi connectivity index (χ1v) is 9.49. The standard InChI is InChI=1S/C20H19ClFN5O2/c1-29-19-18(23-16-12-13(21)6-7-15(16)24-19)25-20(28)27-10-8-26(9-11-27)17-5-3-2-4-14(17)22/h2-7,12H,8-11H2,1H3,(H,23,25,28). The lowest BCUT2D eigenvalue weighted by Gasteiger charge is -2.36. The fraction of sp³-hybridized carbons (Fsp3) is 0.250. The van der Waals surface area contributed by atoms with E-state index in [0.29, 0.717) is 47.9 Å². The number of ether oxygens (including phenoxy) is 1. The molecule has 0 spiro atoms. The molecule has 0 radical (unpaired) electrons. The maximum absolute atomic E-state index is 14.0. The van der Waals surface area contributed by atoms with Crippen molar-refractivity contribution in [2.45, 2.75) is 0 Å². The Morgan fingerprint density at radius 3 is 2.59 bits per heavy atom. The number of amides is 2. The van der Waals surface area contributed by atoms with Crippen LogP contribution in [0.5, 0.6) is 5.88 Å². The molecule has 0 saturated carbocycles. The minimum absolute atomic E-state index is 0.221. The Morgan fingerprint density at radius 1 is 1.10 bits per heavy atom. The molecule has 0 unspecified atom stereocenters. The summed E-state index contributed by atoms with van der Waals surface area (Å²) in [5.41, 5.74) is 1.72. The van der Waals surface area contributed by atoms with Gasteiger partial charge in [0.25, 0.3) is 5.88 Å². The van der Waals surface area contributed by atoms with E-state index < -0.39 is 0 Å². The van der Waals surface area contributed by atoms with E-state index >= 15 is 0 Å². The van der Waals surface area contributed by atoms with Crippen LogP contribution in [0.4, 0.5) is 20.7 Å². The molecule has 4 rings (SSSR count). The van der Waals surface area contributed by atoms with Crippen LogP contribution in [0, 0.1) is 5.82 Å². The second-order valence-electron chi connectivity index (χ2n) is 6.57. The number of piperazine rings is 1. The molecular formula is C20H19ClFN5O2. The Kier molecular flexibility index (Phi) is 5.35. The monoisotopic (exact) mass is 415 g/mol. The number of rotatable bonds is 3. The van der Waals surface area contributed by atoms with Gasteiger partial charge < -0.3 is 14.5 Å². The van der Waals surface area contributed by atoms with E-state index in [1.165, 1.54) is 13.2 Å². The molecule has 3 aromatic rings. The first-order chi connectivity index (χ1) is 14.0.